The van der Waals surface area contributed by atoms with E-state index in [0.717, 1.165) is 0 Å². The zero-order valence-electron chi connectivity index (χ0n) is 14.9. The second-order valence-electron chi connectivity index (χ2n) is 6.04. The lowest BCUT2D eigenvalue weighted by atomic mass is 10.1. The molecule has 0 fully saturated rings. The van der Waals surface area contributed by atoms with Crippen LogP contribution in [0.2, 0.25) is 0 Å². The van der Waals surface area contributed by atoms with Gasteiger partial charge >= 0.3 is 5.97 Å². The topological polar surface area (TPSA) is 89.8 Å². The lowest BCUT2D eigenvalue weighted by Gasteiger charge is -2.25. The van der Waals surface area contributed by atoms with Crippen LogP contribution in [-0.4, -0.2) is 35.4 Å². The van der Waals surface area contributed by atoms with Gasteiger partial charge in [-0.25, -0.2) is 4.39 Å². The summed E-state index contributed by atoms with van der Waals surface area (Å²) < 4.78 is 17.8. The van der Waals surface area contributed by atoms with Crippen LogP contribution in [0.1, 0.15) is 22.8 Å². The van der Waals surface area contributed by atoms with Crippen LogP contribution in [0.5, 0.6) is 0 Å². The number of nitro benzene ring substituents is 1. The smallest absolute Gasteiger partial charge is 0.310 e. The predicted molar refractivity (Wildman–Crippen MR) is 95.4 cm³/mol. The summed E-state index contributed by atoms with van der Waals surface area (Å²) >= 11 is 0. The number of halogens is 1. The molecule has 2 rings (SSSR count). The van der Waals surface area contributed by atoms with Crippen molar-refractivity contribution in [1.29, 1.82) is 0 Å². The Morgan fingerprint density at radius 1 is 1.22 bits per heavy atom. The van der Waals surface area contributed by atoms with Gasteiger partial charge in [0.2, 0.25) is 0 Å². The van der Waals surface area contributed by atoms with Crippen LogP contribution < -0.4 is 0 Å². The fourth-order valence-corrected chi connectivity index (χ4v) is 2.57. The Labute approximate surface area is 155 Å². The van der Waals surface area contributed by atoms with Crippen LogP contribution in [0, 0.1) is 21.8 Å². The lowest BCUT2D eigenvalue weighted by molar-refractivity contribution is -0.384. The molecule has 27 heavy (non-hydrogen) atoms. The summed E-state index contributed by atoms with van der Waals surface area (Å²) in [5, 5.41) is 11.0. The van der Waals surface area contributed by atoms with Crippen LogP contribution >= 0.6 is 0 Å². The van der Waals surface area contributed by atoms with Crippen LogP contribution in [0.25, 0.3) is 0 Å². The van der Waals surface area contributed by atoms with E-state index in [9.17, 15) is 24.1 Å². The highest BCUT2D eigenvalue weighted by atomic mass is 19.1. The third-order valence-electron chi connectivity index (χ3n) is 3.98. The van der Waals surface area contributed by atoms with Gasteiger partial charge in [0, 0.05) is 30.8 Å². The molecule has 0 bridgehead atoms. The Kier molecular flexibility index (Phi) is 6.59. The molecule has 1 unspecified atom stereocenters. The lowest BCUT2D eigenvalue weighted by Crippen LogP contribution is -2.36. The first-order chi connectivity index (χ1) is 12.8. The van der Waals surface area contributed by atoms with Gasteiger partial charge in [0.05, 0.1) is 18.0 Å². The SMILES string of the molecule is COC(=O)C(C)CN(Cc1ccc(F)cc1)C(=O)c1cccc([N+](=O)[O-])c1. The summed E-state index contributed by atoms with van der Waals surface area (Å²) in [6.07, 6.45) is 0. The first-order valence-corrected chi connectivity index (χ1v) is 8.17. The summed E-state index contributed by atoms with van der Waals surface area (Å²) in [5.74, 6) is -1.96. The average Bonchev–Trinajstić information content (AvgIpc) is 2.67. The van der Waals surface area contributed by atoms with Gasteiger partial charge in [-0.3, -0.25) is 19.7 Å². The molecule has 2 aromatic carbocycles. The summed E-state index contributed by atoms with van der Waals surface area (Å²) in [6, 6.07) is 11.0. The van der Waals surface area contributed by atoms with Crippen molar-refractivity contribution in [3.8, 4) is 0 Å². The van der Waals surface area contributed by atoms with Gasteiger partial charge in [-0.15, -0.1) is 0 Å². The normalized spacial score (nSPS) is 11.5. The van der Waals surface area contributed by atoms with Gasteiger partial charge in [0.1, 0.15) is 5.82 Å². The van der Waals surface area contributed by atoms with Crippen LogP contribution in [0.4, 0.5) is 10.1 Å². The molecule has 0 aliphatic carbocycles. The molecule has 8 heteroatoms. The Hall–Kier alpha value is -3.29. The first kappa shape index (κ1) is 20.0. The van der Waals surface area contributed by atoms with Crippen LogP contribution in [-0.2, 0) is 16.1 Å². The minimum atomic E-state index is -0.599. The number of hydrogen-bond donors (Lipinski definition) is 0. The molecular formula is C19H19FN2O5. The molecule has 0 aliphatic rings. The van der Waals surface area contributed by atoms with Gasteiger partial charge in [0.25, 0.3) is 11.6 Å². The Morgan fingerprint density at radius 2 is 1.89 bits per heavy atom. The Morgan fingerprint density at radius 3 is 2.48 bits per heavy atom. The minimum Gasteiger partial charge on any atom is -0.469 e. The molecule has 0 N–H and O–H groups in total. The summed E-state index contributed by atoms with van der Waals surface area (Å²) in [4.78, 5) is 36.4. The minimum absolute atomic E-state index is 0.0472. The Balaban J connectivity index is 2.30. The molecule has 0 saturated heterocycles. The number of carbonyl (C=O) groups excluding carboxylic acids is 2. The van der Waals surface area contributed by atoms with Gasteiger partial charge < -0.3 is 9.64 Å². The molecule has 7 nitrogen and oxygen atoms in total. The maximum absolute atomic E-state index is 13.1. The van der Waals surface area contributed by atoms with E-state index in [0.29, 0.717) is 5.56 Å². The zero-order valence-corrected chi connectivity index (χ0v) is 14.9. The second-order valence-corrected chi connectivity index (χ2v) is 6.04. The van der Waals surface area contributed by atoms with E-state index in [1.165, 1.54) is 60.5 Å². The van der Waals surface area contributed by atoms with Gasteiger partial charge in [-0.2, -0.15) is 0 Å². The number of carbonyl (C=O) groups is 2. The van der Waals surface area contributed by atoms with E-state index in [-0.39, 0.29) is 24.3 Å². The van der Waals surface area contributed by atoms with Gasteiger partial charge in [0.15, 0.2) is 0 Å². The fourth-order valence-electron chi connectivity index (χ4n) is 2.57. The fraction of sp³-hybridized carbons (Fsp3) is 0.263. The van der Waals surface area contributed by atoms with Crippen molar-refractivity contribution in [2.24, 2.45) is 5.92 Å². The maximum atomic E-state index is 13.1. The van der Waals surface area contributed by atoms with Crippen LogP contribution in [0.15, 0.2) is 48.5 Å². The first-order valence-electron chi connectivity index (χ1n) is 8.17. The van der Waals surface area contributed by atoms with Crippen molar-refractivity contribution >= 4 is 17.6 Å². The van der Waals surface area contributed by atoms with E-state index in [2.05, 4.69) is 0 Å². The monoisotopic (exact) mass is 374 g/mol. The number of nitrogens with zero attached hydrogens (tertiary/aromatic N) is 2. The molecule has 0 aliphatic heterocycles. The van der Waals surface area contributed by atoms with Crippen molar-refractivity contribution in [2.75, 3.05) is 13.7 Å². The van der Waals surface area contributed by atoms with Crippen molar-refractivity contribution < 1.29 is 23.6 Å². The number of nitro groups is 1. The highest BCUT2D eigenvalue weighted by Crippen LogP contribution is 2.18. The van der Waals surface area contributed by atoms with E-state index in [4.69, 9.17) is 4.74 Å². The van der Waals surface area contributed by atoms with E-state index in [1.807, 2.05) is 0 Å². The third-order valence-corrected chi connectivity index (χ3v) is 3.98. The summed E-state index contributed by atoms with van der Waals surface area (Å²) in [7, 11) is 1.26. The zero-order chi connectivity index (χ0) is 20.0. The number of benzene rings is 2. The maximum Gasteiger partial charge on any atom is 0.310 e. The van der Waals surface area contributed by atoms with Crippen molar-refractivity contribution in [3.63, 3.8) is 0 Å². The van der Waals surface area contributed by atoms with Crippen LogP contribution in [0.3, 0.4) is 0 Å². The standard InChI is InChI=1S/C19H19FN2O5/c1-13(19(24)27-2)11-21(12-14-6-8-16(20)9-7-14)18(23)15-4-3-5-17(10-15)22(25)26/h3-10,13H,11-12H2,1-2H3. The molecule has 0 saturated carbocycles. The molecule has 2 aromatic rings. The van der Waals surface area contributed by atoms with E-state index >= 15 is 0 Å². The molecule has 142 valence electrons. The number of non-ortho nitro benzene ring substituents is 1. The molecule has 0 heterocycles. The summed E-state index contributed by atoms with van der Waals surface area (Å²) in [6.45, 7) is 1.78. The number of esters is 1. The molecule has 0 spiro atoms. The number of hydrogen-bond acceptors (Lipinski definition) is 5. The molecule has 0 radical (unpaired) electrons. The average molecular weight is 374 g/mol. The second kappa shape index (κ2) is 8.88. The number of amides is 1. The van der Waals surface area contributed by atoms with Crippen molar-refractivity contribution in [3.05, 3.63) is 75.6 Å². The third kappa shape index (κ3) is 5.34. The van der Waals surface area contributed by atoms with Gasteiger partial charge in [-0.05, 0) is 23.8 Å². The van der Waals surface area contributed by atoms with Gasteiger partial charge in [-0.1, -0.05) is 25.1 Å². The highest BCUT2D eigenvalue weighted by Gasteiger charge is 2.24. The molecule has 1 atom stereocenters. The number of ether oxygens (including phenoxy) is 1. The van der Waals surface area contributed by atoms with Crippen molar-refractivity contribution in [1.82, 2.24) is 4.90 Å². The van der Waals surface area contributed by atoms with E-state index in [1.54, 1.807) is 6.92 Å². The van der Waals surface area contributed by atoms with E-state index < -0.39 is 28.5 Å². The molecule has 0 aromatic heterocycles. The highest BCUT2D eigenvalue weighted by molar-refractivity contribution is 5.95. The quantitative estimate of drug-likeness (QED) is 0.422. The summed E-state index contributed by atoms with van der Waals surface area (Å²) in [5.41, 5.74) is 0.583. The van der Waals surface area contributed by atoms with Crippen molar-refractivity contribution in [2.45, 2.75) is 13.5 Å². The largest absolute Gasteiger partial charge is 0.469 e. The number of methoxy groups -OCH3 is 1. The molecule has 1 amide bonds. The molecular weight excluding hydrogens is 355 g/mol. The number of rotatable bonds is 7. The predicted octanol–water partition coefficient (Wildman–Crippen LogP) is 3.19. The Bertz CT molecular complexity index is 838.